The third-order valence-electron chi connectivity index (χ3n) is 3.55. The van der Waals surface area contributed by atoms with Crippen LogP contribution in [0.25, 0.3) is 0 Å². The van der Waals surface area contributed by atoms with Gasteiger partial charge < -0.3 is 4.74 Å². The minimum Gasteiger partial charge on any atom is -0.381 e. The van der Waals surface area contributed by atoms with E-state index in [1.807, 2.05) is 0 Å². The number of ether oxygens (including phenoxy) is 1. The van der Waals surface area contributed by atoms with Gasteiger partial charge in [-0.25, -0.2) is 12.7 Å². The molecule has 2 heterocycles. The van der Waals surface area contributed by atoms with Gasteiger partial charge in [-0.05, 0) is 24.7 Å². The van der Waals surface area contributed by atoms with Gasteiger partial charge in [-0.2, -0.15) is 0 Å². The molecule has 0 amide bonds. The Hall–Kier alpha value is 0.350. The Morgan fingerprint density at radius 3 is 2.50 bits per heavy atom. The molecule has 0 aliphatic carbocycles. The van der Waals surface area contributed by atoms with Crippen molar-refractivity contribution in [2.24, 2.45) is 5.41 Å². The van der Waals surface area contributed by atoms with E-state index in [4.69, 9.17) is 4.74 Å². The van der Waals surface area contributed by atoms with Crippen LogP contribution in [0.3, 0.4) is 0 Å². The summed E-state index contributed by atoms with van der Waals surface area (Å²) in [5.41, 5.74) is 0.0790. The van der Waals surface area contributed by atoms with Crippen molar-refractivity contribution in [3.05, 3.63) is 0 Å². The maximum atomic E-state index is 11.8. The molecule has 0 aromatic rings. The average Bonchev–Trinajstić information content (AvgIpc) is 2.60. The lowest BCUT2D eigenvalue weighted by Gasteiger charge is -2.38. The van der Waals surface area contributed by atoms with Gasteiger partial charge in [0.05, 0.1) is 5.75 Å². The molecule has 94 valence electrons. The molecule has 0 aromatic carbocycles. The highest BCUT2D eigenvalue weighted by Crippen LogP contribution is 2.35. The van der Waals surface area contributed by atoms with Crippen molar-refractivity contribution in [1.29, 1.82) is 0 Å². The van der Waals surface area contributed by atoms with Gasteiger partial charge in [0.1, 0.15) is 0 Å². The maximum absolute atomic E-state index is 11.8. The summed E-state index contributed by atoms with van der Waals surface area (Å²) in [6.45, 7) is 2.85. The molecular formula is C10H18BrNO3S. The third-order valence-corrected chi connectivity index (χ3v) is 6.64. The first-order chi connectivity index (χ1) is 7.58. The fourth-order valence-corrected chi connectivity index (χ4v) is 4.75. The molecule has 0 aromatic heterocycles. The summed E-state index contributed by atoms with van der Waals surface area (Å²) in [7, 11) is -2.96. The molecule has 2 saturated heterocycles. The first-order valence-electron chi connectivity index (χ1n) is 5.70. The second kappa shape index (κ2) is 4.92. The van der Waals surface area contributed by atoms with E-state index in [9.17, 15) is 8.42 Å². The predicted molar refractivity (Wildman–Crippen MR) is 66.3 cm³/mol. The summed E-state index contributed by atoms with van der Waals surface area (Å²) in [5.74, 6) is 0.321. The second-order valence-electron chi connectivity index (χ2n) is 4.75. The lowest BCUT2D eigenvalue weighted by Crippen LogP contribution is -2.43. The first-order valence-corrected chi connectivity index (χ1v) is 8.43. The number of rotatable bonds is 3. The van der Waals surface area contributed by atoms with Crippen molar-refractivity contribution in [2.75, 3.05) is 37.4 Å². The molecule has 0 atom stereocenters. The van der Waals surface area contributed by atoms with E-state index < -0.39 is 10.0 Å². The molecule has 2 aliphatic heterocycles. The molecule has 0 radical (unpaired) electrons. The SMILES string of the molecule is O=S1(=O)CCCN1CC1(CBr)CCOCC1. The number of alkyl halides is 1. The normalized spacial score (nSPS) is 29.3. The van der Waals surface area contributed by atoms with Crippen molar-refractivity contribution in [3.8, 4) is 0 Å². The first kappa shape index (κ1) is 12.8. The molecule has 2 aliphatic rings. The number of sulfonamides is 1. The Bertz CT molecular complexity index is 338. The molecule has 0 bridgehead atoms. The van der Waals surface area contributed by atoms with E-state index in [0.29, 0.717) is 18.8 Å². The Balaban J connectivity index is 2.06. The van der Waals surface area contributed by atoms with E-state index in [2.05, 4.69) is 15.9 Å². The van der Waals surface area contributed by atoms with E-state index in [1.165, 1.54) is 0 Å². The van der Waals surface area contributed by atoms with Crippen LogP contribution < -0.4 is 0 Å². The van der Waals surface area contributed by atoms with Gasteiger partial charge in [0.2, 0.25) is 10.0 Å². The minimum absolute atomic E-state index is 0.0790. The van der Waals surface area contributed by atoms with E-state index in [0.717, 1.165) is 37.8 Å². The Labute approximate surface area is 106 Å². The van der Waals surface area contributed by atoms with Crippen LogP contribution in [0.2, 0.25) is 0 Å². The van der Waals surface area contributed by atoms with Crippen LogP contribution in [0, 0.1) is 5.41 Å². The van der Waals surface area contributed by atoms with Crippen LogP contribution in [-0.4, -0.2) is 50.1 Å². The quantitative estimate of drug-likeness (QED) is 0.736. The van der Waals surface area contributed by atoms with Gasteiger partial charge in [-0.3, -0.25) is 0 Å². The van der Waals surface area contributed by atoms with Crippen molar-refractivity contribution in [3.63, 3.8) is 0 Å². The molecule has 0 spiro atoms. The van der Waals surface area contributed by atoms with Crippen molar-refractivity contribution in [1.82, 2.24) is 4.31 Å². The summed E-state index contributed by atoms with van der Waals surface area (Å²) in [4.78, 5) is 0. The molecular weight excluding hydrogens is 294 g/mol. The van der Waals surface area contributed by atoms with Crippen molar-refractivity contribution in [2.45, 2.75) is 19.3 Å². The highest BCUT2D eigenvalue weighted by molar-refractivity contribution is 9.09. The zero-order valence-electron chi connectivity index (χ0n) is 9.32. The summed E-state index contributed by atoms with van der Waals surface area (Å²) < 4.78 is 30.6. The van der Waals surface area contributed by atoms with Crippen LogP contribution in [-0.2, 0) is 14.8 Å². The standard InChI is InChI=1S/C10H18BrNO3S/c11-8-10(2-5-15-6-3-10)9-12-4-1-7-16(12,13)14/h1-9H2. The largest absolute Gasteiger partial charge is 0.381 e. The molecule has 0 unspecified atom stereocenters. The van der Waals surface area contributed by atoms with Crippen molar-refractivity contribution < 1.29 is 13.2 Å². The zero-order chi connectivity index (χ0) is 11.6. The van der Waals surface area contributed by atoms with E-state index in [1.54, 1.807) is 4.31 Å². The van der Waals surface area contributed by atoms with E-state index in [-0.39, 0.29) is 5.41 Å². The van der Waals surface area contributed by atoms with E-state index >= 15 is 0 Å². The topological polar surface area (TPSA) is 46.6 Å². The van der Waals surface area contributed by atoms with Crippen LogP contribution in [0.5, 0.6) is 0 Å². The lowest BCUT2D eigenvalue weighted by atomic mass is 9.82. The number of halogens is 1. The summed E-state index contributed by atoms with van der Waals surface area (Å²) >= 11 is 3.54. The number of hydrogen-bond acceptors (Lipinski definition) is 3. The molecule has 0 saturated carbocycles. The fourth-order valence-electron chi connectivity index (χ4n) is 2.38. The monoisotopic (exact) mass is 311 g/mol. The molecule has 2 fully saturated rings. The van der Waals surface area contributed by atoms with Crippen molar-refractivity contribution >= 4 is 26.0 Å². The molecule has 6 heteroatoms. The number of hydrogen-bond donors (Lipinski definition) is 0. The summed E-state index contributed by atoms with van der Waals surface area (Å²) in [6, 6.07) is 0. The molecule has 2 rings (SSSR count). The maximum Gasteiger partial charge on any atom is 0.214 e. The van der Waals surface area contributed by atoms with Gasteiger partial charge in [0, 0.05) is 31.6 Å². The molecule has 16 heavy (non-hydrogen) atoms. The smallest absolute Gasteiger partial charge is 0.214 e. The third kappa shape index (κ3) is 2.60. The lowest BCUT2D eigenvalue weighted by molar-refractivity contribution is 0.0192. The van der Waals surface area contributed by atoms with Crippen LogP contribution >= 0.6 is 15.9 Å². The Morgan fingerprint density at radius 2 is 2.00 bits per heavy atom. The van der Waals surface area contributed by atoms with Crippen LogP contribution in [0.1, 0.15) is 19.3 Å². The molecule has 4 nitrogen and oxygen atoms in total. The van der Waals surface area contributed by atoms with Gasteiger partial charge >= 0.3 is 0 Å². The Kier molecular flexibility index (Phi) is 3.93. The highest BCUT2D eigenvalue weighted by Gasteiger charge is 2.38. The highest BCUT2D eigenvalue weighted by atomic mass is 79.9. The van der Waals surface area contributed by atoms with Gasteiger partial charge in [0.25, 0.3) is 0 Å². The molecule has 0 N–H and O–H groups in total. The summed E-state index contributed by atoms with van der Waals surface area (Å²) in [5, 5.41) is 0.857. The predicted octanol–water partition coefficient (Wildman–Crippen LogP) is 1.21. The second-order valence-corrected chi connectivity index (χ2v) is 7.40. The fraction of sp³-hybridized carbons (Fsp3) is 1.00. The van der Waals surface area contributed by atoms with Gasteiger partial charge in [0.15, 0.2) is 0 Å². The Morgan fingerprint density at radius 1 is 1.31 bits per heavy atom. The van der Waals surface area contributed by atoms with Gasteiger partial charge in [-0.1, -0.05) is 15.9 Å². The minimum atomic E-state index is -2.96. The summed E-state index contributed by atoms with van der Waals surface area (Å²) in [6.07, 6.45) is 2.67. The van der Waals surface area contributed by atoms with Crippen LogP contribution in [0.4, 0.5) is 0 Å². The average molecular weight is 312 g/mol. The zero-order valence-corrected chi connectivity index (χ0v) is 11.7. The van der Waals surface area contributed by atoms with Crippen LogP contribution in [0.15, 0.2) is 0 Å². The number of nitrogens with zero attached hydrogens (tertiary/aromatic N) is 1. The van der Waals surface area contributed by atoms with Gasteiger partial charge in [-0.15, -0.1) is 0 Å².